The molecular formula is C12H16N4. The minimum Gasteiger partial charge on any atom is -0.344 e. The van der Waals surface area contributed by atoms with E-state index < -0.39 is 5.54 Å². The van der Waals surface area contributed by atoms with Crippen LogP contribution in [0.1, 0.15) is 25.4 Å². The van der Waals surface area contributed by atoms with Crippen LogP contribution in [-0.4, -0.2) is 15.0 Å². The summed E-state index contributed by atoms with van der Waals surface area (Å²) in [6.07, 6.45) is 3.55. The number of nitrogens with two attached hydrogens (primary N) is 1. The molecule has 2 rings (SSSR count). The average Bonchev–Trinajstić information content (AvgIpc) is 2.61. The van der Waals surface area contributed by atoms with E-state index in [0.29, 0.717) is 0 Å². The highest BCUT2D eigenvalue weighted by molar-refractivity contribution is 5.60. The molecule has 84 valence electrons. The van der Waals surface area contributed by atoms with Crippen molar-refractivity contribution in [3.05, 3.63) is 36.0 Å². The van der Waals surface area contributed by atoms with Crippen molar-refractivity contribution < 1.29 is 0 Å². The molecule has 2 heterocycles. The highest BCUT2D eigenvalue weighted by Gasteiger charge is 2.20. The highest BCUT2D eigenvalue weighted by Crippen LogP contribution is 2.23. The Morgan fingerprint density at radius 1 is 1.38 bits per heavy atom. The zero-order valence-corrected chi connectivity index (χ0v) is 9.78. The molecule has 0 saturated carbocycles. The van der Waals surface area contributed by atoms with Crippen molar-refractivity contribution in [1.82, 2.24) is 15.0 Å². The maximum absolute atomic E-state index is 6.01. The molecule has 4 heteroatoms. The number of H-pyrrole nitrogens is 1. The van der Waals surface area contributed by atoms with Gasteiger partial charge in [0.15, 0.2) is 0 Å². The third kappa shape index (κ3) is 1.97. The van der Waals surface area contributed by atoms with Crippen LogP contribution >= 0.6 is 0 Å². The summed E-state index contributed by atoms with van der Waals surface area (Å²) in [5, 5.41) is 0. The van der Waals surface area contributed by atoms with Crippen molar-refractivity contribution in [1.29, 1.82) is 0 Å². The van der Waals surface area contributed by atoms with E-state index in [4.69, 9.17) is 5.73 Å². The lowest BCUT2D eigenvalue weighted by molar-refractivity contribution is 0.520. The number of rotatable bonds is 2. The maximum Gasteiger partial charge on any atom is 0.126 e. The Hall–Kier alpha value is -1.68. The SMILES string of the molecule is Cc1[nH]c(C(C)(C)N)nc1-c1cccnc1. The number of aryl methyl sites for hydroxylation is 1. The van der Waals surface area contributed by atoms with Crippen molar-refractivity contribution >= 4 is 0 Å². The zero-order chi connectivity index (χ0) is 11.8. The fourth-order valence-electron chi connectivity index (χ4n) is 1.55. The van der Waals surface area contributed by atoms with E-state index in [0.717, 1.165) is 22.8 Å². The summed E-state index contributed by atoms with van der Waals surface area (Å²) in [5.74, 6) is 0.795. The first-order chi connectivity index (χ1) is 7.48. The van der Waals surface area contributed by atoms with Crippen molar-refractivity contribution in [2.24, 2.45) is 5.73 Å². The number of pyridine rings is 1. The number of nitrogens with one attached hydrogen (secondary N) is 1. The van der Waals surface area contributed by atoms with Gasteiger partial charge in [0.1, 0.15) is 5.82 Å². The predicted octanol–water partition coefficient (Wildman–Crippen LogP) is 1.97. The summed E-state index contributed by atoms with van der Waals surface area (Å²) in [6.45, 7) is 5.85. The van der Waals surface area contributed by atoms with E-state index in [1.54, 1.807) is 12.4 Å². The summed E-state index contributed by atoms with van der Waals surface area (Å²) < 4.78 is 0. The first-order valence-corrected chi connectivity index (χ1v) is 5.25. The third-order valence-corrected chi connectivity index (χ3v) is 2.43. The van der Waals surface area contributed by atoms with E-state index >= 15 is 0 Å². The van der Waals surface area contributed by atoms with Crippen LogP contribution < -0.4 is 5.73 Å². The fraction of sp³-hybridized carbons (Fsp3) is 0.333. The lowest BCUT2D eigenvalue weighted by Gasteiger charge is -2.14. The number of hydrogen-bond donors (Lipinski definition) is 2. The van der Waals surface area contributed by atoms with Crippen LogP contribution in [0.5, 0.6) is 0 Å². The monoisotopic (exact) mass is 216 g/mol. The van der Waals surface area contributed by atoms with Gasteiger partial charge in [-0.25, -0.2) is 4.98 Å². The Balaban J connectivity index is 2.48. The fourth-order valence-corrected chi connectivity index (χ4v) is 1.55. The second kappa shape index (κ2) is 3.72. The Labute approximate surface area is 94.9 Å². The van der Waals surface area contributed by atoms with E-state index in [-0.39, 0.29) is 0 Å². The van der Waals surface area contributed by atoms with Gasteiger partial charge in [-0.15, -0.1) is 0 Å². The van der Waals surface area contributed by atoms with E-state index in [1.807, 2.05) is 32.9 Å². The van der Waals surface area contributed by atoms with Crippen LogP contribution in [0.4, 0.5) is 0 Å². The van der Waals surface area contributed by atoms with Gasteiger partial charge in [0.25, 0.3) is 0 Å². The Bertz CT molecular complexity index is 479. The molecule has 0 spiro atoms. The van der Waals surface area contributed by atoms with Crippen LogP contribution in [0.2, 0.25) is 0 Å². The maximum atomic E-state index is 6.01. The summed E-state index contributed by atoms with van der Waals surface area (Å²) in [4.78, 5) is 11.8. The van der Waals surface area contributed by atoms with Gasteiger partial charge in [-0.05, 0) is 32.9 Å². The van der Waals surface area contributed by atoms with Crippen molar-refractivity contribution in [2.45, 2.75) is 26.3 Å². The van der Waals surface area contributed by atoms with Gasteiger partial charge in [0, 0.05) is 23.7 Å². The molecule has 16 heavy (non-hydrogen) atoms. The van der Waals surface area contributed by atoms with Gasteiger partial charge >= 0.3 is 0 Å². The molecule has 0 radical (unpaired) electrons. The van der Waals surface area contributed by atoms with Crippen molar-refractivity contribution in [2.75, 3.05) is 0 Å². The van der Waals surface area contributed by atoms with Crippen LogP contribution in [0.15, 0.2) is 24.5 Å². The quantitative estimate of drug-likeness (QED) is 0.806. The molecule has 0 saturated heterocycles. The first-order valence-electron chi connectivity index (χ1n) is 5.25. The van der Waals surface area contributed by atoms with Gasteiger partial charge in [-0.1, -0.05) is 0 Å². The first kappa shape index (κ1) is 10.8. The summed E-state index contributed by atoms with van der Waals surface area (Å²) in [5.41, 5.74) is 8.49. The molecule has 0 aromatic carbocycles. The second-order valence-electron chi connectivity index (χ2n) is 4.52. The summed E-state index contributed by atoms with van der Waals surface area (Å²) in [7, 11) is 0. The van der Waals surface area contributed by atoms with Crippen molar-refractivity contribution in [3.8, 4) is 11.3 Å². The van der Waals surface area contributed by atoms with Crippen molar-refractivity contribution in [3.63, 3.8) is 0 Å². The lowest BCUT2D eigenvalue weighted by Crippen LogP contribution is -2.30. The summed E-state index contributed by atoms with van der Waals surface area (Å²) >= 11 is 0. The van der Waals surface area contributed by atoms with Crippen LogP contribution in [0, 0.1) is 6.92 Å². The van der Waals surface area contributed by atoms with Gasteiger partial charge in [0.05, 0.1) is 11.2 Å². The summed E-state index contributed by atoms with van der Waals surface area (Å²) in [6, 6.07) is 3.89. The molecule has 2 aromatic heterocycles. The Morgan fingerprint density at radius 3 is 2.62 bits per heavy atom. The van der Waals surface area contributed by atoms with Gasteiger partial charge in [0.2, 0.25) is 0 Å². The third-order valence-electron chi connectivity index (χ3n) is 2.43. The van der Waals surface area contributed by atoms with Crippen LogP contribution in [-0.2, 0) is 5.54 Å². The molecule has 0 fully saturated rings. The molecule has 4 nitrogen and oxygen atoms in total. The number of aromatic nitrogens is 3. The lowest BCUT2D eigenvalue weighted by atomic mass is 10.1. The molecule has 0 unspecified atom stereocenters. The highest BCUT2D eigenvalue weighted by atomic mass is 15.0. The van der Waals surface area contributed by atoms with Gasteiger partial charge in [-0.2, -0.15) is 0 Å². The Morgan fingerprint density at radius 2 is 2.12 bits per heavy atom. The molecular weight excluding hydrogens is 200 g/mol. The molecule has 0 atom stereocenters. The molecule has 0 aliphatic carbocycles. The molecule has 3 N–H and O–H groups in total. The average molecular weight is 216 g/mol. The van der Waals surface area contributed by atoms with Crippen LogP contribution in [0.25, 0.3) is 11.3 Å². The molecule has 0 bridgehead atoms. The van der Waals surface area contributed by atoms with Gasteiger partial charge in [-0.3, -0.25) is 4.98 Å². The van der Waals surface area contributed by atoms with E-state index in [2.05, 4.69) is 15.0 Å². The predicted molar refractivity (Wildman–Crippen MR) is 63.8 cm³/mol. The largest absolute Gasteiger partial charge is 0.344 e. The normalized spacial score (nSPS) is 11.8. The molecule has 0 aliphatic heterocycles. The molecule has 0 amide bonds. The standard InChI is InChI=1S/C12H16N4/c1-8-10(9-5-4-6-14-7-9)16-11(15-8)12(2,3)13/h4-7H,13H2,1-3H3,(H,15,16). The number of hydrogen-bond acceptors (Lipinski definition) is 3. The zero-order valence-electron chi connectivity index (χ0n) is 9.78. The van der Waals surface area contributed by atoms with E-state index in [9.17, 15) is 0 Å². The van der Waals surface area contributed by atoms with Crippen LogP contribution in [0.3, 0.4) is 0 Å². The number of nitrogens with zero attached hydrogens (tertiary/aromatic N) is 2. The minimum atomic E-state index is -0.453. The number of imidazole rings is 1. The topological polar surface area (TPSA) is 67.6 Å². The van der Waals surface area contributed by atoms with E-state index in [1.165, 1.54) is 0 Å². The number of aromatic amines is 1. The molecule has 0 aliphatic rings. The van der Waals surface area contributed by atoms with Gasteiger partial charge < -0.3 is 10.7 Å². The second-order valence-corrected chi connectivity index (χ2v) is 4.52. The Kier molecular flexibility index (Phi) is 2.52. The smallest absolute Gasteiger partial charge is 0.126 e. The molecule has 2 aromatic rings. The minimum absolute atomic E-state index is 0.453.